The molecule has 0 fully saturated rings. The second-order valence-corrected chi connectivity index (χ2v) is 5.09. The van der Waals surface area contributed by atoms with E-state index in [0.29, 0.717) is 30.4 Å². The number of para-hydroxylation sites is 2. The van der Waals surface area contributed by atoms with Gasteiger partial charge in [0, 0.05) is 0 Å². The summed E-state index contributed by atoms with van der Waals surface area (Å²) in [5.41, 5.74) is 0.689. The quantitative estimate of drug-likeness (QED) is 0.651. The van der Waals surface area contributed by atoms with Gasteiger partial charge in [0.05, 0.1) is 0 Å². The largest absolute Gasteiger partial charge is 0.507 e. The first-order chi connectivity index (χ1) is 10.9. The Balaban J connectivity index is 2.09. The van der Waals surface area contributed by atoms with Crippen LogP contribution in [0.3, 0.4) is 0 Å². The summed E-state index contributed by atoms with van der Waals surface area (Å²) >= 11 is 0. The Bertz CT molecular complexity index is 687. The Morgan fingerprint density at radius 2 is 1.13 bits per heavy atom. The van der Waals surface area contributed by atoms with Gasteiger partial charge in [0.2, 0.25) is 0 Å². The molecule has 0 amide bonds. The van der Waals surface area contributed by atoms with Crippen molar-refractivity contribution in [3.8, 4) is 11.5 Å². The molecule has 0 aliphatic rings. The van der Waals surface area contributed by atoms with Gasteiger partial charge in [-0.05, 0) is 42.5 Å². The summed E-state index contributed by atoms with van der Waals surface area (Å²) in [6.45, 7) is 0. The van der Waals surface area contributed by atoms with Gasteiger partial charge >= 0.3 is 11.9 Å². The van der Waals surface area contributed by atoms with E-state index in [1.807, 2.05) is 0 Å². The standard InChI is InChI=1S/C17H16O6/c18-14-10(6-2-8-12(14)16(20)21)4-1-5-11-7-3-9-13(15(11)19)17(22)23/h2-3,6-9,18-19H,1,4-5H2,(H,20,21)(H,22,23). The maximum absolute atomic E-state index is 11.0. The number of phenols is 2. The first-order valence-corrected chi connectivity index (χ1v) is 7.00. The smallest absolute Gasteiger partial charge is 0.339 e. The average Bonchev–Trinajstić information content (AvgIpc) is 2.50. The molecule has 4 N–H and O–H groups in total. The summed E-state index contributed by atoms with van der Waals surface area (Å²) in [6, 6.07) is 9.03. The maximum atomic E-state index is 11.0. The number of rotatable bonds is 6. The summed E-state index contributed by atoms with van der Waals surface area (Å²) in [5, 5.41) is 37.8. The number of hydrogen-bond donors (Lipinski definition) is 4. The van der Waals surface area contributed by atoms with E-state index in [0.717, 1.165) is 0 Å². The molecule has 0 aliphatic heterocycles. The van der Waals surface area contributed by atoms with Gasteiger partial charge in [0.25, 0.3) is 0 Å². The van der Waals surface area contributed by atoms with Crippen LogP contribution < -0.4 is 0 Å². The van der Waals surface area contributed by atoms with Crippen LogP contribution >= 0.6 is 0 Å². The Morgan fingerprint density at radius 1 is 0.739 bits per heavy atom. The number of benzene rings is 2. The van der Waals surface area contributed by atoms with Crippen molar-refractivity contribution in [2.75, 3.05) is 0 Å². The molecule has 0 heterocycles. The second kappa shape index (κ2) is 6.83. The van der Waals surface area contributed by atoms with Crippen LogP contribution in [0.1, 0.15) is 38.3 Å². The molecule has 0 saturated heterocycles. The van der Waals surface area contributed by atoms with Crippen LogP contribution in [-0.2, 0) is 12.8 Å². The molecule has 0 radical (unpaired) electrons. The molecule has 6 nitrogen and oxygen atoms in total. The lowest BCUT2D eigenvalue weighted by atomic mass is 9.99. The van der Waals surface area contributed by atoms with Gasteiger partial charge < -0.3 is 20.4 Å². The zero-order valence-corrected chi connectivity index (χ0v) is 12.2. The summed E-state index contributed by atoms with van der Waals surface area (Å²) in [6.07, 6.45) is 1.33. The fourth-order valence-corrected chi connectivity index (χ4v) is 2.40. The van der Waals surface area contributed by atoms with Crippen molar-refractivity contribution in [3.05, 3.63) is 58.7 Å². The fraction of sp³-hybridized carbons (Fsp3) is 0.176. The normalized spacial score (nSPS) is 10.4. The first-order valence-electron chi connectivity index (χ1n) is 7.00. The van der Waals surface area contributed by atoms with Crippen molar-refractivity contribution in [1.82, 2.24) is 0 Å². The van der Waals surface area contributed by atoms with Crippen molar-refractivity contribution >= 4 is 11.9 Å². The lowest BCUT2D eigenvalue weighted by Crippen LogP contribution is -2.01. The molecule has 2 aromatic rings. The molecular weight excluding hydrogens is 300 g/mol. The first kappa shape index (κ1) is 16.4. The highest BCUT2D eigenvalue weighted by molar-refractivity contribution is 5.91. The van der Waals surface area contributed by atoms with E-state index in [4.69, 9.17) is 10.2 Å². The maximum Gasteiger partial charge on any atom is 0.339 e. The van der Waals surface area contributed by atoms with Gasteiger partial charge in [-0.2, -0.15) is 0 Å². The number of carboxylic acids is 2. The number of carbonyl (C=O) groups is 2. The molecule has 0 aliphatic carbocycles. The Hall–Kier alpha value is -3.02. The number of aryl methyl sites for hydroxylation is 2. The average molecular weight is 316 g/mol. The predicted molar refractivity (Wildman–Crippen MR) is 82.2 cm³/mol. The highest BCUT2D eigenvalue weighted by atomic mass is 16.4. The van der Waals surface area contributed by atoms with E-state index >= 15 is 0 Å². The van der Waals surface area contributed by atoms with Crippen LogP contribution in [-0.4, -0.2) is 32.4 Å². The van der Waals surface area contributed by atoms with E-state index in [-0.39, 0.29) is 22.6 Å². The van der Waals surface area contributed by atoms with Crippen molar-refractivity contribution in [2.24, 2.45) is 0 Å². The highest BCUT2D eigenvalue weighted by Gasteiger charge is 2.14. The number of carboxylic acid groups (broad SMARTS) is 2. The van der Waals surface area contributed by atoms with Crippen LogP contribution in [0.5, 0.6) is 11.5 Å². The Morgan fingerprint density at radius 3 is 1.48 bits per heavy atom. The zero-order chi connectivity index (χ0) is 17.0. The van der Waals surface area contributed by atoms with E-state index in [1.165, 1.54) is 12.1 Å². The van der Waals surface area contributed by atoms with Gasteiger partial charge in [-0.15, -0.1) is 0 Å². The molecule has 6 heteroatoms. The molecule has 2 aromatic carbocycles. The second-order valence-electron chi connectivity index (χ2n) is 5.09. The Kier molecular flexibility index (Phi) is 4.85. The van der Waals surface area contributed by atoms with Crippen molar-refractivity contribution in [3.63, 3.8) is 0 Å². The molecule has 0 saturated carbocycles. The number of aromatic carboxylic acids is 2. The van der Waals surface area contributed by atoms with Gasteiger partial charge in [-0.3, -0.25) is 0 Å². The van der Waals surface area contributed by atoms with Crippen LogP contribution in [0.15, 0.2) is 36.4 Å². The van der Waals surface area contributed by atoms with E-state index in [2.05, 4.69) is 0 Å². The van der Waals surface area contributed by atoms with Gasteiger partial charge in [0.1, 0.15) is 22.6 Å². The molecular formula is C17H16O6. The molecule has 0 atom stereocenters. The fourth-order valence-electron chi connectivity index (χ4n) is 2.40. The third-order valence-corrected chi connectivity index (χ3v) is 3.59. The molecule has 0 unspecified atom stereocenters. The molecule has 0 spiro atoms. The lowest BCUT2D eigenvalue weighted by molar-refractivity contribution is 0.0682. The summed E-state index contributed by atoms with van der Waals surface area (Å²) in [4.78, 5) is 21.9. The third-order valence-electron chi connectivity index (χ3n) is 3.59. The van der Waals surface area contributed by atoms with Crippen LogP contribution in [0.4, 0.5) is 0 Å². The van der Waals surface area contributed by atoms with Crippen LogP contribution in [0.2, 0.25) is 0 Å². The van der Waals surface area contributed by atoms with Gasteiger partial charge in [-0.25, -0.2) is 9.59 Å². The van der Waals surface area contributed by atoms with Gasteiger partial charge in [0.15, 0.2) is 0 Å². The lowest BCUT2D eigenvalue weighted by Gasteiger charge is -2.09. The minimum absolute atomic E-state index is 0.154. The zero-order valence-electron chi connectivity index (χ0n) is 12.2. The summed E-state index contributed by atoms with van der Waals surface area (Å²) in [7, 11) is 0. The predicted octanol–water partition coefficient (Wildman–Crippen LogP) is 2.67. The molecule has 120 valence electrons. The van der Waals surface area contributed by atoms with Crippen LogP contribution in [0.25, 0.3) is 0 Å². The third kappa shape index (κ3) is 3.60. The number of aromatic hydroxyl groups is 2. The summed E-state index contributed by atoms with van der Waals surface area (Å²) < 4.78 is 0. The topological polar surface area (TPSA) is 115 Å². The van der Waals surface area contributed by atoms with Crippen molar-refractivity contribution < 1.29 is 30.0 Å². The molecule has 0 bridgehead atoms. The Labute approximate surface area is 132 Å². The monoisotopic (exact) mass is 316 g/mol. The number of hydrogen-bond acceptors (Lipinski definition) is 4. The van der Waals surface area contributed by atoms with Gasteiger partial charge in [-0.1, -0.05) is 24.3 Å². The van der Waals surface area contributed by atoms with Crippen molar-refractivity contribution in [2.45, 2.75) is 19.3 Å². The highest BCUT2D eigenvalue weighted by Crippen LogP contribution is 2.27. The molecule has 2 rings (SSSR count). The minimum Gasteiger partial charge on any atom is -0.507 e. The minimum atomic E-state index is -1.20. The van der Waals surface area contributed by atoms with E-state index in [9.17, 15) is 19.8 Å². The van der Waals surface area contributed by atoms with Crippen LogP contribution in [0, 0.1) is 0 Å². The molecule has 23 heavy (non-hydrogen) atoms. The SMILES string of the molecule is O=C(O)c1cccc(CCCc2cccc(C(=O)O)c2O)c1O. The van der Waals surface area contributed by atoms with Crippen molar-refractivity contribution in [1.29, 1.82) is 0 Å². The molecule has 0 aromatic heterocycles. The van der Waals surface area contributed by atoms with E-state index in [1.54, 1.807) is 24.3 Å². The van der Waals surface area contributed by atoms with E-state index < -0.39 is 11.9 Å². The summed E-state index contributed by atoms with van der Waals surface area (Å²) in [5.74, 6) is -2.92.